The third-order valence-corrected chi connectivity index (χ3v) is 4.79. The van der Waals surface area contributed by atoms with Crippen LogP contribution in [0.2, 0.25) is 0 Å². The van der Waals surface area contributed by atoms with Crippen LogP contribution in [0.15, 0.2) is 36.7 Å². The number of rotatable bonds is 4. The van der Waals surface area contributed by atoms with Crippen molar-refractivity contribution in [3.8, 4) is 5.69 Å². The summed E-state index contributed by atoms with van der Waals surface area (Å²) in [5, 5.41) is 2.70. The van der Waals surface area contributed by atoms with E-state index in [2.05, 4.69) is 27.3 Å². The number of imidazole rings is 1. The van der Waals surface area contributed by atoms with E-state index in [9.17, 15) is 13.2 Å². The third kappa shape index (κ3) is 4.15. The molecule has 3 rings (SSSR count). The summed E-state index contributed by atoms with van der Waals surface area (Å²) in [5.41, 5.74) is 2.15. The van der Waals surface area contributed by atoms with Crippen molar-refractivity contribution in [1.82, 2.24) is 14.9 Å². The Morgan fingerprint density at radius 2 is 1.72 bits per heavy atom. The Bertz CT molecular complexity index is 685. The molecule has 0 aliphatic carbocycles. The molecule has 1 unspecified atom stereocenters. The number of piperidine rings is 1. The highest BCUT2D eigenvalue weighted by molar-refractivity contribution is 5.51. The molecule has 25 heavy (non-hydrogen) atoms. The average Bonchev–Trinajstić information content (AvgIpc) is 3.01. The minimum absolute atomic E-state index is 0.0826. The molecule has 1 atom stereocenters. The van der Waals surface area contributed by atoms with E-state index in [-0.39, 0.29) is 6.04 Å². The Kier molecular flexibility index (Phi) is 5.03. The molecule has 0 spiro atoms. The molecule has 0 bridgehead atoms. The van der Waals surface area contributed by atoms with Gasteiger partial charge in [-0.15, -0.1) is 0 Å². The Morgan fingerprint density at radius 3 is 2.24 bits per heavy atom. The number of nitrogens with zero attached hydrogens (tertiary/aromatic N) is 3. The summed E-state index contributed by atoms with van der Waals surface area (Å²) >= 11 is 0. The molecule has 7 heteroatoms. The number of halogens is 3. The molecule has 1 fully saturated rings. The molecule has 2 heterocycles. The van der Waals surface area contributed by atoms with E-state index < -0.39 is 12.2 Å². The Labute approximate surface area is 145 Å². The standard InChI is InChI=1S/C18H23F3N4/c1-13(18(19,20)21)23-15-7-10-24(11-8-15)16-3-5-17(6-4-16)25-12-9-22-14(25)2/h3-6,9,12-13,15,23H,7-8,10-11H2,1-2H3. The van der Waals surface area contributed by atoms with E-state index in [0.717, 1.165) is 30.3 Å². The van der Waals surface area contributed by atoms with E-state index in [0.29, 0.717) is 12.8 Å². The normalized spacial score (nSPS) is 17.7. The van der Waals surface area contributed by atoms with Crippen molar-refractivity contribution in [3.05, 3.63) is 42.5 Å². The molecule has 0 amide bonds. The lowest BCUT2D eigenvalue weighted by molar-refractivity contribution is -0.153. The maximum Gasteiger partial charge on any atom is 0.403 e. The summed E-state index contributed by atoms with van der Waals surface area (Å²) in [6.45, 7) is 4.65. The molecule has 2 aromatic rings. The van der Waals surface area contributed by atoms with Crippen LogP contribution in [0.25, 0.3) is 5.69 Å². The zero-order valence-electron chi connectivity index (χ0n) is 14.4. The monoisotopic (exact) mass is 352 g/mol. The fraction of sp³-hybridized carbons (Fsp3) is 0.500. The molecule has 136 valence electrons. The lowest BCUT2D eigenvalue weighted by Crippen LogP contribution is -2.50. The van der Waals surface area contributed by atoms with E-state index in [1.54, 1.807) is 6.20 Å². The zero-order chi connectivity index (χ0) is 18.0. The first kappa shape index (κ1) is 17.8. The van der Waals surface area contributed by atoms with E-state index in [1.807, 2.05) is 29.8 Å². The predicted molar refractivity (Wildman–Crippen MR) is 92.2 cm³/mol. The third-order valence-electron chi connectivity index (χ3n) is 4.79. The van der Waals surface area contributed by atoms with Gasteiger partial charge < -0.3 is 14.8 Å². The van der Waals surface area contributed by atoms with Crippen LogP contribution >= 0.6 is 0 Å². The molecule has 1 aromatic carbocycles. The molecular weight excluding hydrogens is 329 g/mol. The van der Waals surface area contributed by atoms with Gasteiger partial charge in [0.2, 0.25) is 0 Å². The van der Waals surface area contributed by atoms with Gasteiger partial charge in [0, 0.05) is 42.9 Å². The fourth-order valence-electron chi connectivity index (χ4n) is 3.23. The SMILES string of the molecule is Cc1nccn1-c1ccc(N2CCC(NC(C)C(F)(F)F)CC2)cc1. The van der Waals surface area contributed by atoms with Gasteiger partial charge in [0.05, 0.1) is 0 Å². The maximum atomic E-state index is 12.6. The largest absolute Gasteiger partial charge is 0.403 e. The summed E-state index contributed by atoms with van der Waals surface area (Å²) in [6.07, 6.45) is 0.927. The van der Waals surface area contributed by atoms with Crippen LogP contribution in [0.1, 0.15) is 25.6 Å². The van der Waals surface area contributed by atoms with Gasteiger partial charge in [0.1, 0.15) is 11.9 Å². The van der Waals surface area contributed by atoms with Gasteiger partial charge >= 0.3 is 6.18 Å². The first-order chi connectivity index (χ1) is 11.8. The second kappa shape index (κ2) is 7.07. The topological polar surface area (TPSA) is 33.1 Å². The number of alkyl halides is 3. The van der Waals surface area contributed by atoms with Gasteiger partial charge in [-0.05, 0) is 51.0 Å². The number of hydrogen-bond acceptors (Lipinski definition) is 3. The van der Waals surface area contributed by atoms with Crippen LogP contribution in [-0.4, -0.2) is 40.9 Å². The molecule has 1 saturated heterocycles. The summed E-state index contributed by atoms with van der Waals surface area (Å²) < 4.78 is 40.0. The molecule has 1 N–H and O–H groups in total. The van der Waals surface area contributed by atoms with Gasteiger partial charge in [0.25, 0.3) is 0 Å². The molecule has 0 radical (unpaired) electrons. The van der Waals surface area contributed by atoms with Gasteiger partial charge in [-0.2, -0.15) is 13.2 Å². The van der Waals surface area contributed by atoms with Crippen molar-refractivity contribution in [2.24, 2.45) is 0 Å². The van der Waals surface area contributed by atoms with Gasteiger partial charge in [-0.3, -0.25) is 0 Å². The lowest BCUT2D eigenvalue weighted by Gasteiger charge is -2.35. The quantitative estimate of drug-likeness (QED) is 0.911. The number of anilines is 1. The first-order valence-corrected chi connectivity index (χ1v) is 8.52. The van der Waals surface area contributed by atoms with Crippen molar-refractivity contribution in [2.75, 3.05) is 18.0 Å². The average molecular weight is 352 g/mol. The van der Waals surface area contributed by atoms with E-state index in [1.165, 1.54) is 6.92 Å². The summed E-state index contributed by atoms with van der Waals surface area (Å²) in [7, 11) is 0. The Hall–Kier alpha value is -2.02. The maximum absolute atomic E-state index is 12.6. The minimum atomic E-state index is -4.18. The number of benzene rings is 1. The minimum Gasteiger partial charge on any atom is -0.371 e. The van der Waals surface area contributed by atoms with Crippen molar-refractivity contribution in [1.29, 1.82) is 0 Å². The van der Waals surface area contributed by atoms with Crippen molar-refractivity contribution in [3.63, 3.8) is 0 Å². The van der Waals surface area contributed by atoms with Crippen LogP contribution in [0.3, 0.4) is 0 Å². The Morgan fingerprint density at radius 1 is 1.12 bits per heavy atom. The molecule has 1 aromatic heterocycles. The summed E-state index contributed by atoms with van der Waals surface area (Å²) in [4.78, 5) is 6.44. The molecule has 1 aliphatic rings. The highest BCUT2D eigenvalue weighted by Crippen LogP contribution is 2.24. The highest BCUT2D eigenvalue weighted by Gasteiger charge is 2.37. The van der Waals surface area contributed by atoms with Gasteiger partial charge in [0.15, 0.2) is 0 Å². The lowest BCUT2D eigenvalue weighted by atomic mass is 10.0. The second-order valence-electron chi connectivity index (χ2n) is 6.55. The first-order valence-electron chi connectivity index (χ1n) is 8.52. The summed E-state index contributed by atoms with van der Waals surface area (Å²) in [5.74, 6) is 0.929. The zero-order valence-corrected chi connectivity index (χ0v) is 14.4. The van der Waals surface area contributed by atoms with E-state index >= 15 is 0 Å². The molecule has 0 saturated carbocycles. The fourth-order valence-corrected chi connectivity index (χ4v) is 3.23. The van der Waals surface area contributed by atoms with E-state index in [4.69, 9.17) is 0 Å². The van der Waals surface area contributed by atoms with Crippen molar-refractivity contribution in [2.45, 2.75) is 44.9 Å². The number of aryl methyl sites for hydroxylation is 1. The molecular formula is C18H23F3N4. The van der Waals surface area contributed by atoms with Crippen LogP contribution in [0, 0.1) is 6.92 Å². The van der Waals surface area contributed by atoms with Gasteiger partial charge in [-0.25, -0.2) is 4.98 Å². The second-order valence-corrected chi connectivity index (χ2v) is 6.55. The van der Waals surface area contributed by atoms with Gasteiger partial charge in [-0.1, -0.05) is 0 Å². The number of aromatic nitrogens is 2. The van der Waals surface area contributed by atoms with Crippen LogP contribution in [0.4, 0.5) is 18.9 Å². The van der Waals surface area contributed by atoms with Crippen LogP contribution in [0.5, 0.6) is 0 Å². The van der Waals surface area contributed by atoms with Crippen LogP contribution in [-0.2, 0) is 0 Å². The molecule has 4 nitrogen and oxygen atoms in total. The Balaban J connectivity index is 1.57. The van der Waals surface area contributed by atoms with Crippen LogP contribution < -0.4 is 10.2 Å². The number of nitrogens with one attached hydrogen (secondary N) is 1. The van der Waals surface area contributed by atoms with Crippen molar-refractivity contribution >= 4 is 5.69 Å². The number of hydrogen-bond donors (Lipinski definition) is 1. The summed E-state index contributed by atoms with van der Waals surface area (Å²) in [6, 6.07) is 6.66. The van der Waals surface area contributed by atoms with Crippen molar-refractivity contribution < 1.29 is 13.2 Å². The smallest absolute Gasteiger partial charge is 0.371 e. The molecule has 1 aliphatic heterocycles. The highest BCUT2D eigenvalue weighted by atomic mass is 19.4. The predicted octanol–water partition coefficient (Wildman–Crippen LogP) is 3.69.